The smallest absolute Gasteiger partial charge is 0.127 e. The van der Waals surface area contributed by atoms with Crippen molar-refractivity contribution in [1.82, 2.24) is 0 Å². The van der Waals surface area contributed by atoms with E-state index in [4.69, 9.17) is 9.47 Å². The maximum Gasteiger partial charge on any atom is 0.127 e. The average molecular weight is 354 g/mol. The van der Waals surface area contributed by atoms with E-state index in [1.54, 1.807) is 0 Å². The van der Waals surface area contributed by atoms with Gasteiger partial charge in [-0.3, -0.25) is 0 Å². The molecule has 2 heteroatoms. The lowest BCUT2D eigenvalue weighted by Gasteiger charge is -2.05. The largest absolute Gasteiger partial charge is 0.457 e. The summed E-state index contributed by atoms with van der Waals surface area (Å²) in [5, 5.41) is 0. The minimum atomic E-state index is 0.869. The van der Waals surface area contributed by atoms with Crippen molar-refractivity contribution in [2.24, 2.45) is 0 Å². The number of ether oxygens (including phenoxy) is 2. The third-order valence-corrected chi connectivity index (χ3v) is 3.69. The second-order valence-electron chi connectivity index (χ2n) is 5.96. The Kier molecular flexibility index (Phi) is 6.66. The van der Waals surface area contributed by atoms with Crippen LogP contribution in [0.2, 0.25) is 0 Å². The number of para-hydroxylation sites is 3. The zero-order chi connectivity index (χ0) is 18.7. The van der Waals surface area contributed by atoms with Crippen molar-refractivity contribution in [1.29, 1.82) is 0 Å². The topological polar surface area (TPSA) is 18.5 Å². The van der Waals surface area contributed by atoms with Crippen LogP contribution in [-0.4, -0.2) is 0 Å². The van der Waals surface area contributed by atoms with Gasteiger partial charge in [-0.25, -0.2) is 0 Å². The molecule has 2 nitrogen and oxygen atoms in total. The molecule has 0 aliphatic heterocycles. The highest BCUT2D eigenvalue weighted by atomic mass is 16.5. The summed E-state index contributed by atoms with van der Waals surface area (Å²) in [4.78, 5) is 0. The maximum absolute atomic E-state index is 5.66. The van der Waals surface area contributed by atoms with Crippen molar-refractivity contribution >= 4 is 0 Å². The Morgan fingerprint density at radius 2 is 0.778 bits per heavy atom. The van der Waals surface area contributed by atoms with Gasteiger partial charge >= 0.3 is 0 Å². The van der Waals surface area contributed by atoms with Gasteiger partial charge in [0.05, 0.1) is 0 Å². The van der Waals surface area contributed by atoms with Gasteiger partial charge in [-0.2, -0.15) is 0 Å². The Labute approximate surface area is 160 Å². The summed E-state index contributed by atoms with van der Waals surface area (Å²) < 4.78 is 11.2. The summed E-state index contributed by atoms with van der Waals surface area (Å²) in [6, 6.07) is 37.3. The summed E-state index contributed by atoms with van der Waals surface area (Å²) in [5.74, 6) is 3.50. The number of hydrogen-bond donors (Lipinski definition) is 0. The standard InChI is InChI=1S/C13H12O.C12H10O/c1-11-6-5-9-13(10-11)14-12-7-3-2-4-8-12;1-3-7-11(8-4-1)13-12-9-5-2-6-10-12/h2-10H,1H3;1-10H. The number of aryl methyl sites for hydroxylation is 1. The van der Waals surface area contributed by atoms with Crippen LogP contribution in [0.5, 0.6) is 23.0 Å². The SMILES string of the molecule is Cc1cccc(Oc2ccccc2)c1.c1ccc(Oc2ccccc2)cc1. The van der Waals surface area contributed by atoms with E-state index in [-0.39, 0.29) is 0 Å². The van der Waals surface area contributed by atoms with Crippen LogP contribution < -0.4 is 9.47 Å². The number of rotatable bonds is 4. The molecule has 0 radical (unpaired) electrons. The molecule has 0 aliphatic carbocycles. The fourth-order valence-electron chi connectivity index (χ4n) is 2.42. The Bertz CT molecular complexity index is 882. The lowest BCUT2D eigenvalue weighted by molar-refractivity contribution is 0.482. The molecule has 4 aromatic carbocycles. The predicted octanol–water partition coefficient (Wildman–Crippen LogP) is 7.27. The average Bonchev–Trinajstić information content (AvgIpc) is 2.71. The van der Waals surface area contributed by atoms with Crippen LogP contribution in [0.15, 0.2) is 115 Å². The minimum Gasteiger partial charge on any atom is -0.457 e. The first kappa shape index (κ1) is 18.3. The number of hydrogen-bond acceptors (Lipinski definition) is 2. The monoisotopic (exact) mass is 354 g/mol. The Morgan fingerprint density at radius 3 is 1.19 bits per heavy atom. The second kappa shape index (κ2) is 9.83. The van der Waals surface area contributed by atoms with Gasteiger partial charge in [0.25, 0.3) is 0 Å². The van der Waals surface area contributed by atoms with Gasteiger partial charge in [0.15, 0.2) is 0 Å². The molecule has 0 N–H and O–H groups in total. The summed E-state index contributed by atoms with van der Waals surface area (Å²) in [5.41, 5.74) is 1.21. The van der Waals surface area contributed by atoms with E-state index < -0.39 is 0 Å². The van der Waals surface area contributed by atoms with Crippen LogP contribution in [0.1, 0.15) is 5.56 Å². The van der Waals surface area contributed by atoms with Crippen LogP contribution in [0, 0.1) is 6.92 Å². The van der Waals surface area contributed by atoms with Crippen LogP contribution in [-0.2, 0) is 0 Å². The minimum absolute atomic E-state index is 0.869. The highest BCUT2D eigenvalue weighted by Gasteiger charge is 1.95. The highest BCUT2D eigenvalue weighted by Crippen LogP contribution is 2.21. The van der Waals surface area contributed by atoms with E-state index >= 15 is 0 Å². The molecule has 0 saturated heterocycles. The fourth-order valence-corrected chi connectivity index (χ4v) is 2.42. The molecule has 4 aromatic rings. The maximum atomic E-state index is 5.66. The van der Waals surface area contributed by atoms with E-state index in [0.717, 1.165) is 23.0 Å². The molecule has 4 rings (SSSR count). The molecule has 0 unspecified atom stereocenters. The van der Waals surface area contributed by atoms with Crippen LogP contribution in [0.3, 0.4) is 0 Å². The van der Waals surface area contributed by atoms with Crippen molar-refractivity contribution in [3.8, 4) is 23.0 Å². The molecule has 0 saturated carbocycles. The predicted molar refractivity (Wildman–Crippen MR) is 111 cm³/mol. The summed E-state index contributed by atoms with van der Waals surface area (Å²) in [7, 11) is 0. The Morgan fingerprint density at radius 1 is 0.407 bits per heavy atom. The van der Waals surface area contributed by atoms with Gasteiger partial charge in [-0.1, -0.05) is 66.7 Å². The van der Waals surface area contributed by atoms with Crippen LogP contribution >= 0.6 is 0 Å². The van der Waals surface area contributed by atoms with Crippen molar-refractivity contribution in [2.45, 2.75) is 6.92 Å². The molecule has 27 heavy (non-hydrogen) atoms. The molecule has 0 bridgehead atoms. The van der Waals surface area contributed by atoms with Gasteiger partial charge in [0.2, 0.25) is 0 Å². The normalized spacial score (nSPS) is 9.67. The second-order valence-corrected chi connectivity index (χ2v) is 5.96. The molecular formula is C25H22O2. The van der Waals surface area contributed by atoms with E-state index in [1.807, 2.05) is 109 Å². The fraction of sp³-hybridized carbons (Fsp3) is 0.0400. The Balaban J connectivity index is 0.000000156. The molecule has 0 atom stereocenters. The molecule has 0 aliphatic rings. The van der Waals surface area contributed by atoms with Crippen molar-refractivity contribution in [3.05, 3.63) is 121 Å². The molecule has 0 heterocycles. The van der Waals surface area contributed by atoms with Crippen LogP contribution in [0.25, 0.3) is 0 Å². The molecule has 0 aromatic heterocycles. The summed E-state index contributed by atoms with van der Waals surface area (Å²) in [6.07, 6.45) is 0. The zero-order valence-electron chi connectivity index (χ0n) is 15.3. The molecule has 0 fully saturated rings. The quantitative estimate of drug-likeness (QED) is 0.384. The summed E-state index contributed by atoms with van der Waals surface area (Å²) >= 11 is 0. The molecular weight excluding hydrogens is 332 g/mol. The third kappa shape index (κ3) is 6.37. The first-order valence-corrected chi connectivity index (χ1v) is 8.87. The van der Waals surface area contributed by atoms with Gasteiger partial charge in [0.1, 0.15) is 23.0 Å². The van der Waals surface area contributed by atoms with Crippen molar-refractivity contribution in [2.75, 3.05) is 0 Å². The van der Waals surface area contributed by atoms with Gasteiger partial charge in [-0.15, -0.1) is 0 Å². The summed E-state index contributed by atoms with van der Waals surface area (Å²) in [6.45, 7) is 2.05. The molecule has 0 amide bonds. The number of benzene rings is 4. The third-order valence-electron chi connectivity index (χ3n) is 3.69. The van der Waals surface area contributed by atoms with E-state index in [0.29, 0.717) is 0 Å². The van der Waals surface area contributed by atoms with E-state index in [9.17, 15) is 0 Å². The zero-order valence-corrected chi connectivity index (χ0v) is 15.3. The van der Waals surface area contributed by atoms with Gasteiger partial charge in [-0.05, 0) is 61.0 Å². The van der Waals surface area contributed by atoms with Gasteiger partial charge < -0.3 is 9.47 Å². The van der Waals surface area contributed by atoms with E-state index in [1.165, 1.54) is 5.56 Å². The molecule has 134 valence electrons. The van der Waals surface area contributed by atoms with Crippen molar-refractivity contribution < 1.29 is 9.47 Å². The lowest BCUT2D eigenvalue weighted by atomic mass is 10.2. The van der Waals surface area contributed by atoms with Crippen molar-refractivity contribution in [3.63, 3.8) is 0 Å². The first-order valence-electron chi connectivity index (χ1n) is 8.87. The van der Waals surface area contributed by atoms with E-state index in [2.05, 4.69) is 13.0 Å². The molecule has 0 spiro atoms. The Hall–Kier alpha value is -3.52. The van der Waals surface area contributed by atoms with Crippen LogP contribution in [0.4, 0.5) is 0 Å². The highest BCUT2D eigenvalue weighted by molar-refractivity contribution is 5.33. The van der Waals surface area contributed by atoms with Gasteiger partial charge in [0, 0.05) is 0 Å². The lowest BCUT2D eigenvalue weighted by Crippen LogP contribution is -1.83. The first-order chi connectivity index (χ1) is 13.3.